The van der Waals surface area contributed by atoms with E-state index in [-0.39, 0.29) is 22.6 Å². The van der Waals surface area contributed by atoms with Gasteiger partial charge in [0.15, 0.2) is 0 Å². The summed E-state index contributed by atoms with van der Waals surface area (Å²) in [5.74, 6) is 1.91. The molecule has 7 heteroatoms. The van der Waals surface area contributed by atoms with Crippen molar-refractivity contribution in [3.63, 3.8) is 0 Å². The number of methoxy groups -OCH3 is 1. The Hall–Kier alpha value is -3.06. The van der Waals surface area contributed by atoms with Gasteiger partial charge < -0.3 is 20.1 Å². The molecule has 0 unspecified atom stereocenters. The van der Waals surface area contributed by atoms with Gasteiger partial charge >= 0.3 is 0 Å². The Kier molecular flexibility index (Phi) is 9.31. The van der Waals surface area contributed by atoms with Gasteiger partial charge in [0.05, 0.1) is 25.6 Å². The average Bonchev–Trinajstić information content (AvgIpc) is 2.93. The first kappa shape index (κ1) is 28.0. The largest absolute Gasteiger partial charge is 0.497 e. The van der Waals surface area contributed by atoms with Crippen molar-refractivity contribution in [1.29, 1.82) is 0 Å². The van der Waals surface area contributed by atoms with Gasteiger partial charge in [-0.1, -0.05) is 50.6 Å². The van der Waals surface area contributed by atoms with Crippen molar-refractivity contribution in [2.75, 3.05) is 46.4 Å². The van der Waals surface area contributed by atoms with Crippen LogP contribution in [0.5, 0.6) is 11.5 Å². The topological polar surface area (TPSA) is 79.9 Å². The Bertz CT molecular complexity index is 1090. The summed E-state index contributed by atoms with van der Waals surface area (Å²) in [5.41, 5.74) is 1.79. The smallest absolute Gasteiger partial charge is 0.234 e. The lowest BCUT2D eigenvalue weighted by molar-refractivity contribution is -0.135. The van der Waals surface area contributed by atoms with Crippen LogP contribution in [0.25, 0.3) is 0 Å². The lowest BCUT2D eigenvalue weighted by Gasteiger charge is -2.41. The molecule has 1 fully saturated rings. The van der Waals surface area contributed by atoms with Crippen LogP contribution in [0.1, 0.15) is 57.1 Å². The highest BCUT2D eigenvalue weighted by Gasteiger charge is 2.41. The lowest BCUT2D eigenvalue weighted by Crippen LogP contribution is -2.51. The standard InChI is InChI=1S/C31H43N3O4/c1-30(2,25-11-8-12-26(21-25)37-3)23-33-28(35)22-34-18-15-31(16-19-34)14-7-6-10-24-9-4-5-13-27(24)38-20-17-32-29(31)36/h4-5,8-9,11-13,21H,6-7,10,14-20,22-23H2,1-3H3,(H,32,36)(H,33,35). The summed E-state index contributed by atoms with van der Waals surface area (Å²) in [7, 11) is 1.66. The number of hydrogen-bond donors (Lipinski definition) is 2. The second-order valence-corrected chi connectivity index (χ2v) is 11.4. The van der Waals surface area contributed by atoms with Crippen LogP contribution in [-0.2, 0) is 21.4 Å². The third kappa shape index (κ3) is 7.07. The fourth-order valence-corrected chi connectivity index (χ4v) is 5.60. The molecule has 2 aromatic rings. The predicted octanol–water partition coefficient (Wildman–Crippen LogP) is 4.09. The summed E-state index contributed by atoms with van der Waals surface area (Å²) in [6, 6.07) is 16.2. The molecule has 1 saturated heterocycles. The molecule has 2 aliphatic heterocycles. The molecular weight excluding hydrogens is 478 g/mol. The number of para-hydroxylation sites is 1. The summed E-state index contributed by atoms with van der Waals surface area (Å²) >= 11 is 0. The number of amides is 2. The van der Waals surface area contributed by atoms with E-state index in [0.717, 1.165) is 68.7 Å². The van der Waals surface area contributed by atoms with Crippen LogP contribution in [0, 0.1) is 5.41 Å². The molecule has 0 radical (unpaired) electrons. The van der Waals surface area contributed by atoms with E-state index in [9.17, 15) is 9.59 Å². The summed E-state index contributed by atoms with van der Waals surface area (Å²) in [6.07, 6.45) is 5.44. The van der Waals surface area contributed by atoms with Crippen molar-refractivity contribution >= 4 is 11.8 Å². The zero-order valence-corrected chi connectivity index (χ0v) is 23.2. The highest BCUT2D eigenvalue weighted by Crippen LogP contribution is 2.37. The van der Waals surface area contributed by atoms with Gasteiger partial charge in [0.2, 0.25) is 11.8 Å². The second-order valence-electron chi connectivity index (χ2n) is 11.4. The fourth-order valence-electron chi connectivity index (χ4n) is 5.60. The molecule has 0 atom stereocenters. The van der Waals surface area contributed by atoms with E-state index in [1.165, 1.54) is 5.56 Å². The third-order valence-electron chi connectivity index (χ3n) is 8.21. The van der Waals surface area contributed by atoms with E-state index >= 15 is 0 Å². The zero-order valence-electron chi connectivity index (χ0n) is 23.2. The predicted molar refractivity (Wildman–Crippen MR) is 150 cm³/mol. The van der Waals surface area contributed by atoms with Crippen molar-refractivity contribution < 1.29 is 19.1 Å². The van der Waals surface area contributed by atoms with Crippen molar-refractivity contribution in [2.45, 2.75) is 57.8 Å². The molecule has 2 aromatic carbocycles. The van der Waals surface area contributed by atoms with Crippen LogP contribution in [0.3, 0.4) is 0 Å². The number of ether oxygens (including phenoxy) is 2. The third-order valence-corrected chi connectivity index (χ3v) is 8.21. The van der Waals surface area contributed by atoms with Crippen LogP contribution >= 0.6 is 0 Å². The lowest BCUT2D eigenvalue weighted by atomic mass is 9.73. The first-order chi connectivity index (χ1) is 18.3. The number of aryl methyl sites for hydroxylation is 1. The average molecular weight is 522 g/mol. The summed E-state index contributed by atoms with van der Waals surface area (Å²) in [4.78, 5) is 28.3. The Balaban J connectivity index is 1.28. The first-order valence-corrected chi connectivity index (χ1v) is 13.9. The van der Waals surface area contributed by atoms with Crippen molar-refractivity contribution in [3.05, 3.63) is 59.7 Å². The number of hydrogen-bond acceptors (Lipinski definition) is 5. The number of nitrogens with one attached hydrogen (secondary N) is 2. The van der Waals surface area contributed by atoms with Crippen molar-refractivity contribution in [3.8, 4) is 11.5 Å². The van der Waals surface area contributed by atoms with Gasteiger partial charge in [0.1, 0.15) is 18.1 Å². The normalized spacial score (nSPS) is 18.8. The zero-order chi connectivity index (χ0) is 27.0. The number of benzene rings is 2. The second kappa shape index (κ2) is 12.7. The minimum Gasteiger partial charge on any atom is -0.497 e. The molecule has 2 heterocycles. The van der Waals surface area contributed by atoms with Crippen LogP contribution in [0.4, 0.5) is 0 Å². The van der Waals surface area contributed by atoms with E-state index < -0.39 is 0 Å². The van der Waals surface area contributed by atoms with Crippen LogP contribution in [0.15, 0.2) is 48.5 Å². The molecule has 7 nitrogen and oxygen atoms in total. The molecule has 0 aliphatic carbocycles. The number of rotatable bonds is 6. The van der Waals surface area contributed by atoms with Crippen LogP contribution < -0.4 is 20.1 Å². The maximum atomic E-state index is 13.3. The Morgan fingerprint density at radius 2 is 1.89 bits per heavy atom. The number of nitrogens with zero attached hydrogens (tertiary/aromatic N) is 1. The molecule has 2 N–H and O–H groups in total. The molecule has 2 aliphatic rings. The Labute approximate surface area is 227 Å². The molecule has 38 heavy (non-hydrogen) atoms. The van der Waals surface area contributed by atoms with E-state index in [2.05, 4.69) is 47.6 Å². The molecular formula is C31H43N3O4. The summed E-state index contributed by atoms with van der Waals surface area (Å²) in [5, 5.41) is 6.26. The number of carbonyl (C=O) groups excluding carboxylic acids is 2. The monoisotopic (exact) mass is 521 g/mol. The summed E-state index contributed by atoms with van der Waals surface area (Å²) < 4.78 is 11.3. The first-order valence-electron chi connectivity index (χ1n) is 13.9. The molecule has 206 valence electrons. The van der Waals surface area contributed by atoms with Gasteiger partial charge in [-0.2, -0.15) is 0 Å². The maximum absolute atomic E-state index is 13.3. The molecule has 0 bridgehead atoms. The molecule has 0 aromatic heterocycles. The SMILES string of the molecule is COc1cccc(C(C)(C)CNC(=O)CN2CCC3(CCCCc4ccccc4OCCNC3=O)CC2)c1. The summed E-state index contributed by atoms with van der Waals surface area (Å²) in [6.45, 7) is 7.62. The number of likely N-dealkylation sites (tertiary alicyclic amines) is 1. The van der Waals surface area contributed by atoms with Crippen LogP contribution in [-0.4, -0.2) is 63.2 Å². The number of carbonyl (C=O) groups is 2. The van der Waals surface area contributed by atoms with Gasteiger partial charge in [-0.15, -0.1) is 0 Å². The van der Waals surface area contributed by atoms with Crippen molar-refractivity contribution in [2.24, 2.45) is 5.41 Å². The Morgan fingerprint density at radius 3 is 2.68 bits per heavy atom. The van der Waals surface area contributed by atoms with Gasteiger partial charge in [0, 0.05) is 12.0 Å². The van der Waals surface area contributed by atoms with E-state index in [1.54, 1.807) is 7.11 Å². The fraction of sp³-hybridized carbons (Fsp3) is 0.548. The van der Waals surface area contributed by atoms with Gasteiger partial charge in [-0.3, -0.25) is 14.5 Å². The van der Waals surface area contributed by atoms with Crippen LogP contribution in [0.2, 0.25) is 0 Å². The van der Waals surface area contributed by atoms with E-state index in [0.29, 0.717) is 26.2 Å². The van der Waals surface area contributed by atoms with Crippen molar-refractivity contribution in [1.82, 2.24) is 15.5 Å². The molecule has 1 spiro atoms. The van der Waals surface area contributed by atoms with E-state index in [1.807, 2.05) is 30.3 Å². The highest BCUT2D eigenvalue weighted by atomic mass is 16.5. The molecule has 2 amide bonds. The van der Waals surface area contributed by atoms with E-state index in [4.69, 9.17) is 9.47 Å². The molecule has 0 saturated carbocycles. The minimum absolute atomic E-state index is 0.0240. The van der Waals surface area contributed by atoms with Gasteiger partial charge in [0.25, 0.3) is 0 Å². The molecule has 4 rings (SSSR count). The maximum Gasteiger partial charge on any atom is 0.234 e. The van der Waals surface area contributed by atoms with Gasteiger partial charge in [-0.05, 0) is 74.5 Å². The number of fused-ring (bicyclic) bond motifs is 1. The minimum atomic E-state index is -0.361. The quantitative estimate of drug-likeness (QED) is 0.599. The highest BCUT2D eigenvalue weighted by molar-refractivity contribution is 5.83. The number of piperidine rings is 1. The Morgan fingerprint density at radius 1 is 1.11 bits per heavy atom. The van der Waals surface area contributed by atoms with Gasteiger partial charge in [-0.25, -0.2) is 0 Å².